The summed E-state index contributed by atoms with van der Waals surface area (Å²) in [5.74, 6) is -0.310. The number of ketones is 1. The van der Waals surface area contributed by atoms with Crippen LogP contribution in [0.4, 0.5) is 0 Å². The van der Waals surface area contributed by atoms with Gasteiger partial charge in [0.1, 0.15) is 0 Å². The lowest BCUT2D eigenvalue weighted by Crippen LogP contribution is -2.47. The lowest BCUT2D eigenvalue weighted by atomic mass is 10.0. The summed E-state index contributed by atoms with van der Waals surface area (Å²) in [7, 11) is 0. The first-order chi connectivity index (χ1) is 4.46. The van der Waals surface area contributed by atoms with E-state index in [1.54, 1.807) is 6.92 Å². The molecule has 5 N–H and O–H groups in total. The molecule has 3 unspecified atom stereocenters. The van der Waals surface area contributed by atoms with E-state index in [1.165, 1.54) is 6.92 Å². The van der Waals surface area contributed by atoms with Gasteiger partial charge in [0.25, 0.3) is 0 Å². The molecule has 4 nitrogen and oxygen atoms in total. The first kappa shape index (κ1) is 9.55. The largest absolute Gasteiger partial charge is 0.391 e. The SMILES string of the molecule is CC(N)C(=O)C(N)C(C)O. The number of nitrogens with two attached hydrogens (primary N) is 2. The van der Waals surface area contributed by atoms with E-state index in [2.05, 4.69) is 0 Å². The van der Waals surface area contributed by atoms with Gasteiger partial charge in [0, 0.05) is 0 Å². The Bertz CT molecular complexity index is 123. The number of aliphatic hydroxyl groups excluding tert-OH is 1. The Morgan fingerprint density at radius 2 is 1.80 bits per heavy atom. The van der Waals surface area contributed by atoms with Crippen LogP contribution in [0.1, 0.15) is 13.8 Å². The Labute approximate surface area is 60.2 Å². The van der Waals surface area contributed by atoms with Crippen LogP contribution in [0, 0.1) is 0 Å². The van der Waals surface area contributed by atoms with E-state index >= 15 is 0 Å². The zero-order valence-electron chi connectivity index (χ0n) is 6.24. The molecule has 0 radical (unpaired) electrons. The number of hydrogen-bond donors (Lipinski definition) is 3. The highest BCUT2D eigenvalue weighted by Crippen LogP contribution is 1.92. The third-order valence-electron chi connectivity index (χ3n) is 1.30. The Balaban J connectivity index is 3.95. The van der Waals surface area contributed by atoms with Gasteiger partial charge in [0.05, 0.1) is 18.2 Å². The minimum absolute atomic E-state index is 0.310. The van der Waals surface area contributed by atoms with Crippen LogP contribution in [0.5, 0.6) is 0 Å². The topological polar surface area (TPSA) is 89.3 Å². The number of aliphatic hydroxyl groups is 1. The predicted molar refractivity (Wildman–Crippen MR) is 38.3 cm³/mol. The lowest BCUT2D eigenvalue weighted by molar-refractivity contribution is -0.123. The minimum Gasteiger partial charge on any atom is -0.391 e. The molecule has 0 aromatic heterocycles. The maximum absolute atomic E-state index is 10.9. The van der Waals surface area contributed by atoms with Gasteiger partial charge in [0.2, 0.25) is 0 Å². The molecule has 0 saturated heterocycles. The van der Waals surface area contributed by atoms with Crippen molar-refractivity contribution in [3.05, 3.63) is 0 Å². The molecule has 0 rings (SSSR count). The van der Waals surface area contributed by atoms with Crippen LogP contribution in [-0.2, 0) is 4.79 Å². The van der Waals surface area contributed by atoms with E-state index in [9.17, 15) is 4.79 Å². The second-order valence-corrected chi connectivity index (χ2v) is 2.46. The number of Topliss-reactive ketones (excluding diaryl/α,β-unsaturated/α-hetero) is 1. The molecule has 0 aliphatic carbocycles. The number of carbonyl (C=O) groups is 1. The maximum atomic E-state index is 10.9. The molecule has 3 atom stereocenters. The summed E-state index contributed by atoms with van der Waals surface area (Å²) in [4.78, 5) is 10.9. The summed E-state index contributed by atoms with van der Waals surface area (Å²) >= 11 is 0. The molecule has 0 aliphatic heterocycles. The molecule has 0 fully saturated rings. The van der Waals surface area contributed by atoms with Crippen molar-refractivity contribution < 1.29 is 9.90 Å². The van der Waals surface area contributed by atoms with Gasteiger partial charge in [-0.15, -0.1) is 0 Å². The number of rotatable bonds is 3. The molecule has 0 heterocycles. The molecule has 0 aromatic rings. The maximum Gasteiger partial charge on any atom is 0.168 e. The quantitative estimate of drug-likeness (QED) is 0.457. The Morgan fingerprint density at radius 3 is 1.90 bits per heavy atom. The van der Waals surface area contributed by atoms with Crippen molar-refractivity contribution >= 4 is 5.78 Å². The molecule has 0 aromatic carbocycles. The molecule has 60 valence electrons. The summed E-state index contributed by atoms with van der Waals surface area (Å²) in [6.45, 7) is 3.01. The Hall–Kier alpha value is -0.450. The van der Waals surface area contributed by atoms with Crippen LogP contribution in [0.15, 0.2) is 0 Å². The third-order valence-corrected chi connectivity index (χ3v) is 1.30. The summed E-state index contributed by atoms with van der Waals surface area (Å²) in [6.07, 6.45) is -0.821. The van der Waals surface area contributed by atoms with Crippen LogP contribution in [0.3, 0.4) is 0 Å². The van der Waals surface area contributed by atoms with Crippen molar-refractivity contribution in [3.63, 3.8) is 0 Å². The van der Waals surface area contributed by atoms with Crippen LogP contribution in [-0.4, -0.2) is 29.1 Å². The van der Waals surface area contributed by atoms with Gasteiger partial charge in [-0.25, -0.2) is 0 Å². The fraction of sp³-hybridized carbons (Fsp3) is 0.833. The summed E-state index contributed by atoms with van der Waals surface area (Å²) in [5.41, 5.74) is 10.5. The zero-order valence-corrected chi connectivity index (χ0v) is 6.24. The Kier molecular flexibility index (Phi) is 3.49. The van der Waals surface area contributed by atoms with Crippen LogP contribution in [0.25, 0.3) is 0 Å². The smallest absolute Gasteiger partial charge is 0.168 e. The summed E-state index contributed by atoms with van der Waals surface area (Å²) in [6, 6.07) is -1.44. The highest BCUT2D eigenvalue weighted by Gasteiger charge is 2.21. The fourth-order valence-electron chi connectivity index (χ4n) is 0.541. The Morgan fingerprint density at radius 1 is 1.40 bits per heavy atom. The fourth-order valence-corrected chi connectivity index (χ4v) is 0.541. The van der Waals surface area contributed by atoms with Gasteiger partial charge in [0.15, 0.2) is 5.78 Å². The van der Waals surface area contributed by atoms with Crippen molar-refractivity contribution in [1.29, 1.82) is 0 Å². The van der Waals surface area contributed by atoms with Gasteiger partial charge < -0.3 is 16.6 Å². The van der Waals surface area contributed by atoms with E-state index in [0.29, 0.717) is 0 Å². The summed E-state index contributed by atoms with van der Waals surface area (Å²) < 4.78 is 0. The molecular weight excluding hydrogens is 132 g/mol. The monoisotopic (exact) mass is 146 g/mol. The van der Waals surface area contributed by atoms with E-state index in [0.717, 1.165) is 0 Å². The van der Waals surface area contributed by atoms with Crippen LogP contribution < -0.4 is 11.5 Å². The van der Waals surface area contributed by atoms with E-state index in [-0.39, 0.29) is 5.78 Å². The molecule has 0 amide bonds. The summed E-state index contributed by atoms with van der Waals surface area (Å²) in [5, 5.41) is 8.84. The first-order valence-electron chi connectivity index (χ1n) is 3.19. The molecule has 10 heavy (non-hydrogen) atoms. The predicted octanol–water partition coefficient (Wildman–Crippen LogP) is -1.39. The van der Waals surface area contributed by atoms with Gasteiger partial charge in [-0.3, -0.25) is 4.79 Å². The minimum atomic E-state index is -0.847. The second kappa shape index (κ2) is 3.65. The van der Waals surface area contributed by atoms with E-state index in [4.69, 9.17) is 16.6 Å². The van der Waals surface area contributed by atoms with Crippen molar-refractivity contribution in [2.24, 2.45) is 11.5 Å². The molecular formula is C6H14N2O2. The van der Waals surface area contributed by atoms with Crippen molar-refractivity contribution in [3.8, 4) is 0 Å². The van der Waals surface area contributed by atoms with Crippen molar-refractivity contribution in [2.75, 3.05) is 0 Å². The second-order valence-electron chi connectivity index (χ2n) is 2.46. The lowest BCUT2D eigenvalue weighted by Gasteiger charge is -2.14. The van der Waals surface area contributed by atoms with Crippen LogP contribution in [0.2, 0.25) is 0 Å². The molecule has 0 spiro atoms. The molecule has 0 saturated carbocycles. The van der Waals surface area contributed by atoms with Gasteiger partial charge in [-0.1, -0.05) is 0 Å². The highest BCUT2D eigenvalue weighted by molar-refractivity contribution is 5.88. The number of carbonyl (C=O) groups excluding carboxylic acids is 1. The molecule has 0 aliphatic rings. The van der Waals surface area contributed by atoms with Crippen molar-refractivity contribution in [2.45, 2.75) is 32.0 Å². The normalized spacial score (nSPS) is 19.7. The van der Waals surface area contributed by atoms with Crippen molar-refractivity contribution in [1.82, 2.24) is 0 Å². The highest BCUT2D eigenvalue weighted by atomic mass is 16.3. The van der Waals surface area contributed by atoms with E-state index < -0.39 is 18.2 Å². The standard InChI is InChI=1S/C6H14N2O2/c1-3(7)6(10)5(8)4(2)9/h3-5,9H,7-8H2,1-2H3. The van der Waals surface area contributed by atoms with Crippen LogP contribution >= 0.6 is 0 Å². The molecule has 0 bridgehead atoms. The third kappa shape index (κ3) is 2.43. The average molecular weight is 146 g/mol. The van der Waals surface area contributed by atoms with Gasteiger partial charge >= 0.3 is 0 Å². The average Bonchev–Trinajstić information content (AvgIpc) is 1.84. The van der Waals surface area contributed by atoms with Gasteiger partial charge in [-0.05, 0) is 13.8 Å². The first-order valence-corrected chi connectivity index (χ1v) is 3.19. The van der Waals surface area contributed by atoms with Gasteiger partial charge in [-0.2, -0.15) is 0 Å². The van der Waals surface area contributed by atoms with E-state index in [1.807, 2.05) is 0 Å². The zero-order chi connectivity index (χ0) is 8.31. The number of hydrogen-bond acceptors (Lipinski definition) is 4. The molecule has 4 heteroatoms.